The summed E-state index contributed by atoms with van der Waals surface area (Å²) in [5.74, 6) is -0.563. The lowest BCUT2D eigenvalue weighted by atomic mass is 9.65. The van der Waals surface area contributed by atoms with Crippen molar-refractivity contribution in [2.24, 2.45) is 11.3 Å². The Balaban J connectivity index is 2.13. The summed E-state index contributed by atoms with van der Waals surface area (Å²) in [6.07, 6.45) is 2.96. The van der Waals surface area contributed by atoms with Crippen LogP contribution in [-0.4, -0.2) is 35.5 Å². The number of hydrogen-bond acceptors (Lipinski definition) is 3. The Kier molecular flexibility index (Phi) is 2.98. The average molecular weight is 214 g/mol. The quantitative estimate of drug-likeness (QED) is 0.720. The molecule has 1 aliphatic heterocycles. The second-order valence-corrected chi connectivity index (χ2v) is 4.75. The number of carbonyl (C=O) groups is 1. The molecule has 2 rings (SSSR count). The van der Waals surface area contributed by atoms with Gasteiger partial charge in [0.15, 0.2) is 0 Å². The lowest BCUT2D eigenvalue weighted by molar-refractivity contribution is -0.157. The van der Waals surface area contributed by atoms with E-state index in [1.54, 1.807) is 0 Å². The van der Waals surface area contributed by atoms with Crippen molar-refractivity contribution < 1.29 is 19.7 Å². The summed E-state index contributed by atoms with van der Waals surface area (Å²) in [6.45, 7) is 1.25. The van der Waals surface area contributed by atoms with Crippen LogP contribution in [0.2, 0.25) is 0 Å². The molecule has 1 heterocycles. The highest BCUT2D eigenvalue weighted by Crippen LogP contribution is 2.46. The average Bonchev–Trinajstić information content (AvgIpc) is 2.72. The standard InChI is InChI=1S/C11H18O4/c12-9-1-4-11(5-2-9,10(13)14)8-3-6-15-7-8/h8-9,12H,1-7H2,(H,13,14). The zero-order valence-electron chi connectivity index (χ0n) is 8.82. The van der Waals surface area contributed by atoms with E-state index in [1.165, 1.54) is 0 Å². The van der Waals surface area contributed by atoms with Gasteiger partial charge in [0.1, 0.15) is 0 Å². The van der Waals surface area contributed by atoms with Gasteiger partial charge in [0, 0.05) is 12.5 Å². The summed E-state index contributed by atoms with van der Waals surface area (Å²) < 4.78 is 5.29. The summed E-state index contributed by atoms with van der Waals surface area (Å²) in [4.78, 5) is 11.4. The molecule has 0 amide bonds. The Hall–Kier alpha value is -0.610. The Morgan fingerprint density at radius 2 is 1.93 bits per heavy atom. The van der Waals surface area contributed by atoms with Gasteiger partial charge in [0.25, 0.3) is 0 Å². The fourth-order valence-corrected chi connectivity index (χ4v) is 2.88. The van der Waals surface area contributed by atoms with Gasteiger partial charge in [0.2, 0.25) is 0 Å². The van der Waals surface area contributed by atoms with Gasteiger partial charge in [-0.3, -0.25) is 4.79 Å². The van der Waals surface area contributed by atoms with Gasteiger partial charge in [-0.05, 0) is 32.1 Å². The van der Waals surface area contributed by atoms with E-state index in [0.717, 1.165) is 6.42 Å². The van der Waals surface area contributed by atoms with E-state index in [-0.39, 0.29) is 12.0 Å². The highest BCUT2D eigenvalue weighted by Gasteiger charge is 2.48. The zero-order chi connectivity index (χ0) is 10.9. The molecule has 4 nitrogen and oxygen atoms in total. The van der Waals surface area contributed by atoms with Crippen molar-refractivity contribution in [3.8, 4) is 0 Å². The van der Waals surface area contributed by atoms with Crippen molar-refractivity contribution in [2.75, 3.05) is 13.2 Å². The zero-order valence-corrected chi connectivity index (χ0v) is 8.82. The third kappa shape index (κ3) is 1.88. The number of carboxylic acids is 1. The monoisotopic (exact) mass is 214 g/mol. The topological polar surface area (TPSA) is 66.8 Å². The van der Waals surface area contributed by atoms with E-state index in [0.29, 0.717) is 38.9 Å². The molecule has 0 aromatic heterocycles. The van der Waals surface area contributed by atoms with Gasteiger partial charge in [-0.25, -0.2) is 0 Å². The SMILES string of the molecule is O=C(O)C1(C2CCOC2)CCC(O)CC1. The van der Waals surface area contributed by atoms with Crippen LogP contribution < -0.4 is 0 Å². The van der Waals surface area contributed by atoms with Gasteiger partial charge >= 0.3 is 5.97 Å². The number of aliphatic hydroxyl groups excluding tert-OH is 1. The third-order valence-electron chi connectivity index (χ3n) is 3.98. The van der Waals surface area contributed by atoms with Crippen LogP contribution >= 0.6 is 0 Å². The van der Waals surface area contributed by atoms with E-state index >= 15 is 0 Å². The molecular weight excluding hydrogens is 196 g/mol. The van der Waals surface area contributed by atoms with Gasteiger partial charge in [-0.2, -0.15) is 0 Å². The molecule has 0 aromatic rings. The van der Waals surface area contributed by atoms with Gasteiger partial charge in [-0.1, -0.05) is 0 Å². The molecule has 2 fully saturated rings. The smallest absolute Gasteiger partial charge is 0.310 e. The van der Waals surface area contributed by atoms with Crippen LogP contribution in [0.3, 0.4) is 0 Å². The Bertz CT molecular complexity index is 237. The highest BCUT2D eigenvalue weighted by atomic mass is 16.5. The van der Waals surface area contributed by atoms with Crippen molar-refractivity contribution in [3.05, 3.63) is 0 Å². The van der Waals surface area contributed by atoms with Gasteiger partial charge < -0.3 is 14.9 Å². The van der Waals surface area contributed by atoms with Gasteiger partial charge in [-0.15, -0.1) is 0 Å². The predicted molar refractivity (Wildman–Crippen MR) is 53.5 cm³/mol. The highest BCUT2D eigenvalue weighted by molar-refractivity contribution is 5.75. The summed E-state index contributed by atoms with van der Waals surface area (Å²) in [7, 11) is 0. The molecule has 1 aliphatic carbocycles. The molecule has 1 saturated heterocycles. The van der Waals surface area contributed by atoms with Crippen molar-refractivity contribution in [3.63, 3.8) is 0 Å². The molecular formula is C11H18O4. The fourth-order valence-electron chi connectivity index (χ4n) is 2.88. The maximum absolute atomic E-state index is 11.4. The number of hydrogen-bond donors (Lipinski definition) is 2. The first-order valence-electron chi connectivity index (χ1n) is 5.64. The van der Waals surface area contributed by atoms with Crippen molar-refractivity contribution in [2.45, 2.75) is 38.2 Å². The summed E-state index contributed by atoms with van der Waals surface area (Å²) in [5.41, 5.74) is -0.629. The van der Waals surface area contributed by atoms with E-state index in [2.05, 4.69) is 0 Å². The van der Waals surface area contributed by atoms with Crippen molar-refractivity contribution >= 4 is 5.97 Å². The molecule has 2 aliphatic rings. The van der Waals surface area contributed by atoms with Gasteiger partial charge in [0.05, 0.1) is 18.1 Å². The van der Waals surface area contributed by atoms with E-state index in [1.807, 2.05) is 0 Å². The molecule has 1 unspecified atom stereocenters. The fraction of sp³-hybridized carbons (Fsp3) is 0.909. The molecule has 1 atom stereocenters. The van der Waals surface area contributed by atoms with Crippen LogP contribution in [0.5, 0.6) is 0 Å². The number of aliphatic hydroxyl groups is 1. The maximum atomic E-state index is 11.4. The van der Waals surface area contributed by atoms with Crippen molar-refractivity contribution in [1.82, 2.24) is 0 Å². The summed E-state index contributed by atoms with van der Waals surface area (Å²) in [5, 5.41) is 18.8. The number of ether oxygens (including phenoxy) is 1. The minimum atomic E-state index is -0.704. The first-order chi connectivity index (χ1) is 7.15. The molecule has 0 radical (unpaired) electrons. The van der Waals surface area contributed by atoms with Crippen LogP contribution in [0.4, 0.5) is 0 Å². The summed E-state index contributed by atoms with van der Waals surface area (Å²) in [6, 6.07) is 0. The minimum Gasteiger partial charge on any atom is -0.481 e. The normalized spacial score (nSPS) is 41.7. The number of rotatable bonds is 2. The minimum absolute atomic E-state index is 0.141. The second kappa shape index (κ2) is 4.10. The molecule has 0 aromatic carbocycles. The number of carboxylic acid groups (broad SMARTS) is 1. The maximum Gasteiger partial charge on any atom is 0.310 e. The van der Waals surface area contributed by atoms with Crippen molar-refractivity contribution in [1.29, 1.82) is 0 Å². The molecule has 2 N–H and O–H groups in total. The first-order valence-corrected chi connectivity index (χ1v) is 5.64. The Labute approximate surface area is 89.2 Å². The molecule has 0 bridgehead atoms. The van der Waals surface area contributed by atoms with Crippen LogP contribution in [0.25, 0.3) is 0 Å². The van der Waals surface area contributed by atoms with E-state index < -0.39 is 11.4 Å². The van der Waals surface area contributed by atoms with Crippen LogP contribution in [0.1, 0.15) is 32.1 Å². The first kappa shape index (κ1) is 10.9. The molecule has 0 spiro atoms. The Morgan fingerprint density at radius 1 is 1.27 bits per heavy atom. The Morgan fingerprint density at radius 3 is 2.40 bits per heavy atom. The van der Waals surface area contributed by atoms with E-state index in [4.69, 9.17) is 4.74 Å². The van der Waals surface area contributed by atoms with Crippen LogP contribution in [0.15, 0.2) is 0 Å². The second-order valence-electron chi connectivity index (χ2n) is 4.75. The predicted octanol–water partition coefficient (Wildman–Crippen LogP) is 1.03. The van der Waals surface area contributed by atoms with E-state index in [9.17, 15) is 15.0 Å². The lowest BCUT2D eigenvalue weighted by Gasteiger charge is -2.39. The lowest BCUT2D eigenvalue weighted by Crippen LogP contribution is -2.43. The summed E-state index contributed by atoms with van der Waals surface area (Å²) >= 11 is 0. The van der Waals surface area contributed by atoms with Crippen LogP contribution in [0, 0.1) is 11.3 Å². The third-order valence-corrected chi connectivity index (χ3v) is 3.98. The number of aliphatic carboxylic acids is 1. The van der Waals surface area contributed by atoms with Crippen LogP contribution in [-0.2, 0) is 9.53 Å². The largest absolute Gasteiger partial charge is 0.481 e. The molecule has 4 heteroatoms. The molecule has 86 valence electrons. The molecule has 15 heavy (non-hydrogen) atoms. The molecule has 1 saturated carbocycles.